The summed E-state index contributed by atoms with van der Waals surface area (Å²) in [6.07, 6.45) is 15.5. The molecule has 12 aliphatic rings. The van der Waals surface area contributed by atoms with Gasteiger partial charge in [-0.05, 0) is 213 Å². The van der Waals surface area contributed by atoms with E-state index in [1.54, 1.807) is 76.7 Å². The van der Waals surface area contributed by atoms with Crippen molar-refractivity contribution in [3.05, 3.63) is 48.8 Å². The van der Waals surface area contributed by atoms with Gasteiger partial charge in [0, 0.05) is 99.3 Å². The predicted octanol–water partition coefficient (Wildman–Crippen LogP) is 15.5. The van der Waals surface area contributed by atoms with E-state index in [0.29, 0.717) is 25.2 Å². The van der Waals surface area contributed by atoms with Crippen molar-refractivity contribution < 1.29 is 111 Å². The molecule has 38 atom stereocenters. The maximum Gasteiger partial charge on any atom is 0.311 e. The highest BCUT2D eigenvalue weighted by molar-refractivity contribution is 8.77. The average molecular weight is 1810 g/mol. The Morgan fingerprint density at radius 3 is 1.30 bits per heavy atom. The summed E-state index contributed by atoms with van der Waals surface area (Å²) in [5, 5.41) is 62.1. The van der Waals surface area contributed by atoms with E-state index in [2.05, 4.69) is 107 Å². The number of aliphatic hydroxyl groups is 5. The Morgan fingerprint density at radius 2 is 0.911 bits per heavy atom. The molecule has 0 aromatic carbocycles. The topological polar surface area (TPSA) is 320 Å². The lowest BCUT2D eigenvalue weighted by molar-refractivity contribution is -0.353. The van der Waals surface area contributed by atoms with Crippen molar-refractivity contribution in [2.24, 2.45) is 82.9 Å². The van der Waals surface area contributed by atoms with Crippen LogP contribution < -0.4 is 0 Å². The number of rotatable bonds is 27. The Balaban J connectivity index is 0.000000202. The van der Waals surface area contributed by atoms with Gasteiger partial charge in [0.05, 0.1) is 152 Å². The molecular formula is C94H152N2O23S4. The minimum atomic E-state index is -1.56. The highest BCUT2D eigenvalue weighted by atomic mass is 33.1. The number of carbonyl (C=O) groups excluding carboxylic acids is 1. The van der Waals surface area contributed by atoms with E-state index in [9.17, 15) is 35.1 Å². The first kappa shape index (κ1) is 99.9. The van der Waals surface area contributed by atoms with Gasteiger partial charge in [-0.25, -0.2) is 9.97 Å². The number of aliphatic hydroxyl groups excluding tert-OH is 3. The summed E-state index contributed by atoms with van der Waals surface area (Å²) >= 11 is 0. The summed E-state index contributed by atoms with van der Waals surface area (Å²) in [4.78, 5) is 33.5. The van der Waals surface area contributed by atoms with Crippen molar-refractivity contribution in [1.29, 1.82) is 0 Å². The number of methoxy groups -OCH3 is 2. The molecule has 0 amide bonds. The van der Waals surface area contributed by atoms with Crippen LogP contribution in [0.1, 0.15) is 240 Å². The number of hydrogen-bond donors (Lipinski definition) is 6. The zero-order valence-corrected chi connectivity index (χ0v) is 80.3. The highest BCUT2D eigenvalue weighted by Gasteiger charge is 2.68. The number of carbonyl (C=O) groups is 2. The van der Waals surface area contributed by atoms with Crippen LogP contribution in [0, 0.1) is 82.9 Å². The second kappa shape index (κ2) is 42.0. The predicted molar refractivity (Wildman–Crippen MR) is 473 cm³/mol. The molecule has 700 valence electrons. The monoisotopic (exact) mass is 1800 g/mol. The summed E-state index contributed by atoms with van der Waals surface area (Å²) in [6, 6.07) is 11.6. The second-order valence-electron chi connectivity index (χ2n) is 40.5. The van der Waals surface area contributed by atoms with Crippen molar-refractivity contribution in [3.63, 3.8) is 0 Å². The van der Waals surface area contributed by atoms with E-state index in [4.69, 9.17) is 76.2 Å². The molecule has 0 saturated carbocycles. The molecule has 12 saturated heterocycles. The molecule has 4 unspecified atom stereocenters. The van der Waals surface area contributed by atoms with Crippen LogP contribution >= 0.6 is 43.2 Å². The number of nitrogens with zero attached hydrogens (tertiary/aromatic N) is 2. The molecule has 14 heterocycles. The third-order valence-corrected chi connectivity index (χ3v) is 35.5. The van der Waals surface area contributed by atoms with Crippen LogP contribution in [0.2, 0.25) is 0 Å². The van der Waals surface area contributed by atoms with E-state index in [-0.39, 0.29) is 187 Å². The van der Waals surface area contributed by atoms with Crippen LogP contribution in [0.15, 0.2) is 58.8 Å². The SMILES string of the molecule is CO[C@@H]1C[C@@H](C[C@H]2CC[C@H](C)C([C@@H](C)C(=O)O)O2)O[C@]2(O[C@@](C)(C3CC[C@@](C)([C@@H]4O[C@@H]([C@@H]5O[C@@](O)(CO)[C@H](C)C[C@@H]5C)C[C@@H]4C)O3)C[C@H]2C)[C@@H]1C.CO[C@@H]1C[C@@H](C[C@H]2CC[C@H](C)C([C@@H](C)C(=O)OCCSSc3ccccn3)O2)O[C@]2(O[C@@](C)(C3CC[C@@](C)([C@@H]4O[C@@H]([C@@H]5O[C@@](O)(CO)[C@H](C)C[C@@H]5C)C[C@@H]4C)O3)C[C@H]2C)[C@@H]1C.OCCSSc1ccccn1. The highest BCUT2D eigenvalue weighted by Crippen LogP contribution is 2.60. The number of carboxylic acids is 1. The van der Waals surface area contributed by atoms with Gasteiger partial charge in [0.15, 0.2) is 23.1 Å². The van der Waals surface area contributed by atoms with Gasteiger partial charge < -0.3 is 102 Å². The molecule has 2 spiro atoms. The minimum Gasteiger partial charge on any atom is -0.481 e. The van der Waals surface area contributed by atoms with Gasteiger partial charge in [0.25, 0.3) is 0 Å². The van der Waals surface area contributed by atoms with Gasteiger partial charge in [-0.3, -0.25) is 9.59 Å². The number of aliphatic carboxylic acids is 1. The lowest BCUT2D eigenvalue weighted by Gasteiger charge is -2.50. The molecule has 6 N–H and O–H groups in total. The number of esters is 1. The Labute approximate surface area is 749 Å². The average Bonchev–Trinajstić information content (AvgIpc) is 1.57. The first-order valence-electron chi connectivity index (χ1n) is 46.5. The normalized spacial score (nSPS) is 46.7. The second-order valence-corrected chi connectivity index (χ2v) is 45.3. The van der Waals surface area contributed by atoms with Gasteiger partial charge in [-0.2, -0.15) is 0 Å². The van der Waals surface area contributed by atoms with E-state index in [0.717, 1.165) is 119 Å². The Hall–Kier alpha value is -2.12. The fourth-order valence-corrected chi connectivity index (χ4v) is 27.2. The first-order chi connectivity index (χ1) is 58.2. The van der Waals surface area contributed by atoms with Crippen molar-refractivity contribution in [2.45, 2.75) is 393 Å². The van der Waals surface area contributed by atoms with Crippen LogP contribution in [0.5, 0.6) is 0 Å². The zero-order chi connectivity index (χ0) is 89.1. The van der Waals surface area contributed by atoms with Gasteiger partial charge >= 0.3 is 11.9 Å². The molecule has 0 radical (unpaired) electrons. The lowest BCUT2D eigenvalue weighted by atomic mass is 9.78. The third kappa shape index (κ3) is 22.0. The summed E-state index contributed by atoms with van der Waals surface area (Å²) < 4.78 is 100. The van der Waals surface area contributed by atoms with Gasteiger partial charge in [-0.1, -0.05) is 117 Å². The molecule has 123 heavy (non-hydrogen) atoms. The molecule has 25 nitrogen and oxygen atoms in total. The van der Waals surface area contributed by atoms with Crippen molar-refractivity contribution in [2.75, 3.05) is 52.2 Å². The zero-order valence-electron chi connectivity index (χ0n) is 77.1. The summed E-state index contributed by atoms with van der Waals surface area (Å²) in [7, 11) is 9.97. The fraction of sp³-hybridized carbons (Fsp3) is 0.872. The minimum absolute atomic E-state index is 0.00727. The smallest absolute Gasteiger partial charge is 0.311 e. The molecule has 0 aliphatic carbocycles. The Kier molecular flexibility index (Phi) is 34.1. The molecule has 14 rings (SSSR count). The number of hydrogen-bond acceptors (Lipinski definition) is 28. The van der Waals surface area contributed by atoms with Crippen LogP contribution in [-0.2, 0) is 80.6 Å². The Morgan fingerprint density at radius 1 is 0.488 bits per heavy atom. The molecular weight excluding hydrogens is 1650 g/mol. The van der Waals surface area contributed by atoms with Gasteiger partial charge in [0.2, 0.25) is 0 Å². The van der Waals surface area contributed by atoms with Crippen LogP contribution in [-0.4, -0.2) is 248 Å². The first-order valence-corrected chi connectivity index (χ1v) is 51.1. The summed E-state index contributed by atoms with van der Waals surface area (Å²) in [5.74, 6) is -4.28. The van der Waals surface area contributed by atoms with E-state index < -0.39 is 70.7 Å². The molecule has 0 bridgehead atoms. The molecule has 12 fully saturated rings. The van der Waals surface area contributed by atoms with Crippen molar-refractivity contribution >= 4 is 55.1 Å². The molecule has 2 aromatic rings. The van der Waals surface area contributed by atoms with E-state index in [1.165, 1.54) is 0 Å². The Bertz CT molecular complexity index is 3680. The van der Waals surface area contributed by atoms with Crippen LogP contribution in [0.25, 0.3) is 0 Å². The molecule has 29 heteroatoms. The van der Waals surface area contributed by atoms with Crippen LogP contribution in [0.4, 0.5) is 0 Å². The van der Waals surface area contributed by atoms with Gasteiger partial charge in [0.1, 0.15) is 16.7 Å². The lowest BCUT2D eigenvalue weighted by Crippen LogP contribution is -2.58. The maximum absolute atomic E-state index is 13.2. The summed E-state index contributed by atoms with van der Waals surface area (Å²) in [6.45, 7) is 37.8. The number of aromatic nitrogens is 2. The standard InChI is InChI=1S/C47H75NO11S2.C40H68O11.C7H9NOS2/c1-27-14-15-34(54-40(27)32(6)43(50)53-19-20-60-61-39-13-11-12-18-48-39)23-35-24-36(52-10)33(7)47(56-35)31(5)25-45(9,59-47)38-16-17-44(8,57-38)42-29(3)22-37(55-42)41-28(2)21-30(4)46(51,26-49)58-41;1-21-11-12-28(46-33(21)26(6)36(42)43)17-29-18-30(45-10)27(7)40(48-29)25(5)19-38(9,51-40)32-13-14-37(8,49-32)35-23(3)16-31(47-35)34-22(2)15-24(4)39(44,20-41)50-34;9-5-6-10-11-7-3-1-2-4-8-7/h11-13,18,27-38,40-42,49,51H,14-17,19-26H2,1-10H3;21-35,41,44H,11-20H2,1-10H3,(H,42,43);1-4,9H,5-6H2/t27-,28-,29-,30+,31+,32+,33+,34+,35+,36+,37+,38?,40?,41+,42+,44-,45+,46-,47+;21-,22-,23-,24+,25+,26+,27+,28+,29+,30+,31+,32?,33?,34+,35+,37-,38+,39-,40+;/m00./s1. The largest absolute Gasteiger partial charge is 0.481 e. The van der Waals surface area contributed by atoms with Crippen molar-refractivity contribution in [3.8, 4) is 0 Å². The van der Waals surface area contributed by atoms with Crippen LogP contribution in [0.3, 0.4) is 0 Å². The van der Waals surface area contributed by atoms with E-state index in [1.807, 2.05) is 57.2 Å². The molecule has 2 aromatic heterocycles. The fourth-order valence-electron chi connectivity index (χ4n) is 23.9. The summed E-state index contributed by atoms with van der Waals surface area (Å²) in [5.41, 5.74) is -2.21. The van der Waals surface area contributed by atoms with Crippen molar-refractivity contribution in [1.82, 2.24) is 9.97 Å². The number of carboxylic acid groups (broad SMARTS) is 1. The maximum atomic E-state index is 13.2. The quantitative estimate of drug-likeness (QED) is 0.0275. The number of ether oxygens (including phenoxy) is 15. The number of pyridine rings is 2. The van der Waals surface area contributed by atoms with E-state index >= 15 is 0 Å². The molecule has 12 aliphatic heterocycles. The van der Waals surface area contributed by atoms with Gasteiger partial charge in [-0.15, -0.1) is 0 Å². The third-order valence-electron chi connectivity index (χ3n) is 31.0.